The van der Waals surface area contributed by atoms with Crippen LogP contribution in [0.2, 0.25) is 0 Å². The molecule has 0 aromatic rings. The highest BCUT2D eigenvalue weighted by atomic mass is 35.5. The Morgan fingerprint density at radius 1 is 1.20 bits per heavy atom. The molecule has 142 valence electrons. The quantitative estimate of drug-likeness (QED) is 0.727. The van der Waals surface area contributed by atoms with Crippen LogP contribution in [-0.2, 0) is 9.59 Å². The Balaban J connectivity index is 0.00000225. The summed E-state index contributed by atoms with van der Waals surface area (Å²) in [5, 5.41) is 6.13. The summed E-state index contributed by atoms with van der Waals surface area (Å²) in [6.07, 6.45) is 5.31. The number of carbonyl (C=O) groups is 3. The molecule has 25 heavy (non-hydrogen) atoms. The van der Waals surface area contributed by atoms with Gasteiger partial charge >= 0.3 is 6.03 Å². The number of amides is 4. The van der Waals surface area contributed by atoms with Crippen molar-refractivity contribution >= 4 is 30.3 Å². The van der Waals surface area contributed by atoms with Crippen LogP contribution >= 0.6 is 12.4 Å². The Hall–Kier alpha value is -1.34. The number of nitrogens with zero attached hydrogens (tertiary/aromatic N) is 2. The zero-order valence-electron chi connectivity index (χ0n) is 14.9. The number of imide groups is 1. The summed E-state index contributed by atoms with van der Waals surface area (Å²) in [6.45, 7) is 5.00. The first-order valence-electron chi connectivity index (χ1n) is 9.18. The van der Waals surface area contributed by atoms with Crippen molar-refractivity contribution in [2.75, 3.05) is 32.7 Å². The Morgan fingerprint density at radius 2 is 1.92 bits per heavy atom. The lowest BCUT2D eigenvalue weighted by Gasteiger charge is -2.34. The summed E-state index contributed by atoms with van der Waals surface area (Å²) in [6, 6.07) is -0.406. The van der Waals surface area contributed by atoms with Gasteiger partial charge in [-0.3, -0.25) is 14.5 Å². The van der Waals surface area contributed by atoms with Crippen LogP contribution in [0, 0.1) is 5.92 Å². The van der Waals surface area contributed by atoms with Crippen LogP contribution < -0.4 is 10.6 Å². The van der Waals surface area contributed by atoms with E-state index in [1.807, 2.05) is 0 Å². The number of nitrogens with one attached hydrogen (secondary N) is 2. The van der Waals surface area contributed by atoms with Gasteiger partial charge in [0.1, 0.15) is 12.1 Å². The van der Waals surface area contributed by atoms with Crippen molar-refractivity contribution in [3.63, 3.8) is 0 Å². The summed E-state index contributed by atoms with van der Waals surface area (Å²) in [4.78, 5) is 40.5. The van der Waals surface area contributed by atoms with Gasteiger partial charge in [-0.25, -0.2) is 4.79 Å². The predicted molar refractivity (Wildman–Crippen MR) is 96.5 cm³/mol. The number of carbonyl (C=O) groups excluding carboxylic acids is 3. The van der Waals surface area contributed by atoms with Gasteiger partial charge in [0.05, 0.1) is 0 Å². The fourth-order valence-corrected chi connectivity index (χ4v) is 4.07. The lowest BCUT2D eigenvalue weighted by atomic mass is 9.75. The van der Waals surface area contributed by atoms with Gasteiger partial charge in [-0.1, -0.05) is 13.3 Å². The summed E-state index contributed by atoms with van der Waals surface area (Å²) >= 11 is 0. The number of hydrogen-bond acceptors (Lipinski definition) is 4. The average molecular weight is 373 g/mol. The van der Waals surface area contributed by atoms with Crippen molar-refractivity contribution in [1.29, 1.82) is 0 Å². The fraction of sp³-hybridized carbons (Fsp3) is 0.824. The molecule has 4 amide bonds. The summed E-state index contributed by atoms with van der Waals surface area (Å²) < 4.78 is 0. The average Bonchev–Trinajstić information content (AvgIpc) is 2.81. The Morgan fingerprint density at radius 3 is 2.60 bits per heavy atom. The van der Waals surface area contributed by atoms with Crippen molar-refractivity contribution in [3.05, 3.63) is 0 Å². The maximum atomic E-state index is 12.8. The van der Waals surface area contributed by atoms with Crippen molar-refractivity contribution in [2.24, 2.45) is 5.92 Å². The standard InChI is InChI=1S/C17H28N4O3.ClH/c1-2-13-4-6-17(7-5-13)15(23)21(16(24)19-17)12-14(22)20-10-3-8-18-9-11-20;/h13,18H,2-12H2,1H3,(H,19,24);1H. The molecule has 3 rings (SSSR count). The molecule has 2 heterocycles. The zero-order valence-corrected chi connectivity index (χ0v) is 15.7. The normalized spacial score (nSPS) is 30.0. The highest BCUT2D eigenvalue weighted by Gasteiger charge is 2.52. The number of rotatable bonds is 3. The Kier molecular flexibility index (Phi) is 6.68. The Labute approximate surface area is 155 Å². The van der Waals surface area contributed by atoms with Crippen LogP contribution in [0.1, 0.15) is 45.4 Å². The summed E-state index contributed by atoms with van der Waals surface area (Å²) in [5.41, 5.74) is -0.761. The van der Waals surface area contributed by atoms with E-state index in [1.165, 1.54) is 0 Å². The topological polar surface area (TPSA) is 81.8 Å². The molecule has 1 spiro atoms. The minimum atomic E-state index is -0.761. The predicted octanol–water partition coefficient (Wildman–Crippen LogP) is 1.12. The van der Waals surface area contributed by atoms with E-state index < -0.39 is 11.6 Å². The van der Waals surface area contributed by atoms with Crippen LogP contribution in [0.4, 0.5) is 4.79 Å². The van der Waals surface area contributed by atoms with Crippen LogP contribution in [0.3, 0.4) is 0 Å². The molecule has 0 radical (unpaired) electrons. The number of hydrogen-bond donors (Lipinski definition) is 2. The van der Waals surface area contributed by atoms with Gasteiger partial charge < -0.3 is 15.5 Å². The molecule has 2 aliphatic heterocycles. The van der Waals surface area contributed by atoms with Crippen molar-refractivity contribution in [1.82, 2.24) is 20.4 Å². The lowest BCUT2D eigenvalue weighted by molar-refractivity contribution is -0.139. The van der Waals surface area contributed by atoms with Crippen molar-refractivity contribution in [2.45, 2.75) is 51.0 Å². The summed E-state index contributed by atoms with van der Waals surface area (Å²) in [5.74, 6) is 0.297. The van der Waals surface area contributed by atoms with Gasteiger partial charge in [0.25, 0.3) is 5.91 Å². The third-order valence-corrected chi connectivity index (χ3v) is 5.77. The molecular weight excluding hydrogens is 344 g/mol. The van der Waals surface area contributed by atoms with Crippen LogP contribution in [0.25, 0.3) is 0 Å². The first-order valence-corrected chi connectivity index (χ1v) is 9.18. The van der Waals surface area contributed by atoms with E-state index in [0.717, 1.165) is 43.7 Å². The van der Waals surface area contributed by atoms with Gasteiger partial charge in [-0.2, -0.15) is 0 Å². The van der Waals surface area contributed by atoms with E-state index in [1.54, 1.807) is 4.90 Å². The molecule has 0 bridgehead atoms. The molecule has 1 saturated carbocycles. The second-order valence-electron chi connectivity index (χ2n) is 7.24. The van der Waals surface area contributed by atoms with Gasteiger partial charge in [0.2, 0.25) is 5.91 Å². The van der Waals surface area contributed by atoms with Crippen LogP contribution in [0.5, 0.6) is 0 Å². The van der Waals surface area contributed by atoms with E-state index in [4.69, 9.17) is 0 Å². The molecule has 1 aliphatic carbocycles. The van der Waals surface area contributed by atoms with E-state index in [9.17, 15) is 14.4 Å². The first kappa shape index (κ1) is 20.0. The van der Waals surface area contributed by atoms with Crippen molar-refractivity contribution in [3.8, 4) is 0 Å². The maximum Gasteiger partial charge on any atom is 0.325 e. The van der Waals surface area contributed by atoms with E-state index in [-0.39, 0.29) is 30.8 Å². The van der Waals surface area contributed by atoms with Crippen molar-refractivity contribution < 1.29 is 14.4 Å². The van der Waals surface area contributed by atoms with E-state index in [2.05, 4.69) is 17.6 Å². The monoisotopic (exact) mass is 372 g/mol. The molecule has 0 unspecified atom stereocenters. The second-order valence-corrected chi connectivity index (χ2v) is 7.24. The molecule has 0 aromatic heterocycles. The molecule has 2 saturated heterocycles. The minimum Gasteiger partial charge on any atom is -0.340 e. The molecular formula is C17H29ClN4O3. The first-order chi connectivity index (χ1) is 11.6. The number of halogens is 1. The zero-order chi connectivity index (χ0) is 17.2. The fourth-order valence-electron chi connectivity index (χ4n) is 4.07. The SMILES string of the molecule is CCC1CCC2(CC1)NC(=O)N(CC(=O)N1CCCNCC1)C2=O.Cl. The maximum absolute atomic E-state index is 12.8. The summed E-state index contributed by atoms with van der Waals surface area (Å²) in [7, 11) is 0. The molecule has 3 fully saturated rings. The van der Waals surface area contributed by atoms with E-state index in [0.29, 0.717) is 31.8 Å². The second kappa shape index (κ2) is 8.36. The molecule has 0 atom stereocenters. The van der Waals surface area contributed by atoms with Gasteiger partial charge in [-0.15, -0.1) is 12.4 Å². The molecule has 7 nitrogen and oxygen atoms in total. The minimum absolute atomic E-state index is 0. The van der Waals surface area contributed by atoms with Gasteiger partial charge in [0, 0.05) is 19.6 Å². The smallest absolute Gasteiger partial charge is 0.325 e. The molecule has 0 aromatic carbocycles. The van der Waals surface area contributed by atoms with Crippen LogP contribution in [0.15, 0.2) is 0 Å². The van der Waals surface area contributed by atoms with Gasteiger partial charge in [0.15, 0.2) is 0 Å². The third-order valence-electron chi connectivity index (χ3n) is 5.77. The molecule has 3 aliphatic rings. The van der Waals surface area contributed by atoms with Gasteiger partial charge in [-0.05, 0) is 44.6 Å². The molecule has 8 heteroatoms. The van der Waals surface area contributed by atoms with E-state index >= 15 is 0 Å². The molecule has 2 N–H and O–H groups in total. The largest absolute Gasteiger partial charge is 0.340 e. The third kappa shape index (κ3) is 4.08. The lowest BCUT2D eigenvalue weighted by Crippen LogP contribution is -2.50. The number of urea groups is 1. The highest BCUT2D eigenvalue weighted by molar-refractivity contribution is 6.09. The van der Waals surface area contributed by atoms with Crippen LogP contribution in [-0.4, -0.2) is 65.9 Å². The Bertz CT molecular complexity index is 512. The highest BCUT2D eigenvalue weighted by Crippen LogP contribution is 2.37.